The van der Waals surface area contributed by atoms with Gasteiger partial charge in [0, 0.05) is 26.7 Å². The minimum Gasteiger partial charge on any atom is -0.382 e. The van der Waals surface area contributed by atoms with Crippen molar-refractivity contribution in [1.29, 1.82) is 0 Å². The molecule has 0 aliphatic heterocycles. The summed E-state index contributed by atoms with van der Waals surface area (Å²) in [7, 11) is 1.65. The molecule has 20 heavy (non-hydrogen) atoms. The Morgan fingerprint density at radius 3 is 2.55 bits per heavy atom. The molecule has 3 N–H and O–H groups in total. The van der Waals surface area contributed by atoms with Crippen LogP contribution in [0.25, 0.3) is 0 Å². The molecule has 0 radical (unpaired) electrons. The van der Waals surface area contributed by atoms with Gasteiger partial charge in [-0.1, -0.05) is 6.92 Å². The van der Waals surface area contributed by atoms with Gasteiger partial charge in [-0.15, -0.1) is 0 Å². The fourth-order valence-corrected chi connectivity index (χ4v) is 1.97. The van der Waals surface area contributed by atoms with Crippen molar-refractivity contribution in [2.45, 2.75) is 45.3 Å². The van der Waals surface area contributed by atoms with Crippen LogP contribution >= 0.6 is 0 Å². The summed E-state index contributed by atoms with van der Waals surface area (Å²) >= 11 is 0. The van der Waals surface area contributed by atoms with Gasteiger partial charge in [-0.3, -0.25) is 4.79 Å². The molecule has 2 atom stereocenters. The van der Waals surface area contributed by atoms with Crippen LogP contribution in [-0.4, -0.2) is 57.6 Å². The Morgan fingerprint density at radius 2 is 2.00 bits per heavy atom. The van der Waals surface area contributed by atoms with Crippen LogP contribution in [0.4, 0.5) is 0 Å². The highest BCUT2D eigenvalue weighted by atomic mass is 16.5. The number of methoxy groups -OCH3 is 1. The number of carbonyl (C=O) groups is 1. The van der Waals surface area contributed by atoms with Crippen LogP contribution in [0.1, 0.15) is 33.6 Å². The molecule has 0 aromatic carbocycles. The standard InChI is InChI=1S/C14H30N2O4/c1-5-16-14(3,13(15)17)11-12(2)20-8-6-7-19-10-9-18-4/h12,16H,5-11H2,1-4H3,(H2,15,17). The van der Waals surface area contributed by atoms with E-state index in [4.69, 9.17) is 19.9 Å². The third-order valence-corrected chi connectivity index (χ3v) is 3.07. The molecule has 0 aromatic rings. The summed E-state index contributed by atoms with van der Waals surface area (Å²) in [5, 5.41) is 3.12. The molecule has 1 amide bonds. The molecule has 0 aromatic heterocycles. The van der Waals surface area contributed by atoms with Gasteiger partial charge in [-0.2, -0.15) is 0 Å². The first-order valence-electron chi connectivity index (χ1n) is 7.19. The van der Waals surface area contributed by atoms with Crippen LogP contribution in [0, 0.1) is 0 Å². The first kappa shape index (κ1) is 19.3. The normalized spacial score (nSPS) is 15.8. The lowest BCUT2D eigenvalue weighted by Gasteiger charge is -2.29. The molecule has 0 heterocycles. The lowest BCUT2D eigenvalue weighted by Crippen LogP contribution is -2.54. The summed E-state index contributed by atoms with van der Waals surface area (Å²) in [6.45, 7) is 8.87. The SMILES string of the molecule is CCNC(C)(CC(C)OCCCOCCOC)C(N)=O. The van der Waals surface area contributed by atoms with Gasteiger partial charge in [0.1, 0.15) is 0 Å². The van der Waals surface area contributed by atoms with Crippen molar-refractivity contribution in [2.24, 2.45) is 5.73 Å². The predicted molar refractivity (Wildman–Crippen MR) is 78.6 cm³/mol. The second-order valence-electron chi connectivity index (χ2n) is 5.07. The number of hydrogen-bond acceptors (Lipinski definition) is 5. The van der Waals surface area contributed by atoms with E-state index < -0.39 is 5.54 Å². The molecule has 0 aliphatic carbocycles. The number of primary amides is 1. The molecular weight excluding hydrogens is 260 g/mol. The molecule has 0 saturated heterocycles. The number of rotatable bonds is 13. The fraction of sp³-hybridized carbons (Fsp3) is 0.929. The van der Waals surface area contributed by atoms with E-state index in [1.165, 1.54) is 0 Å². The van der Waals surface area contributed by atoms with E-state index in [-0.39, 0.29) is 12.0 Å². The largest absolute Gasteiger partial charge is 0.382 e. The van der Waals surface area contributed by atoms with Crippen molar-refractivity contribution in [3.63, 3.8) is 0 Å². The molecule has 6 nitrogen and oxygen atoms in total. The summed E-state index contributed by atoms with van der Waals surface area (Å²) in [5.74, 6) is -0.349. The van der Waals surface area contributed by atoms with Crippen LogP contribution in [0.15, 0.2) is 0 Å². The van der Waals surface area contributed by atoms with Crippen molar-refractivity contribution in [2.75, 3.05) is 40.1 Å². The Bertz CT molecular complexity index is 264. The maximum Gasteiger partial charge on any atom is 0.237 e. The number of hydrogen-bond donors (Lipinski definition) is 2. The summed E-state index contributed by atoms with van der Waals surface area (Å²) in [5.41, 5.74) is 4.72. The third kappa shape index (κ3) is 8.47. The number of nitrogens with one attached hydrogen (secondary N) is 1. The van der Waals surface area contributed by atoms with Crippen LogP contribution in [0.5, 0.6) is 0 Å². The predicted octanol–water partition coefficient (Wildman–Crippen LogP) is 0.688. The molecule has 0 saturated carbocycles. The molecule has 2 unspecified atom stereocenters. The summed E-state index contributed by atoms with van der Waals surface area (Å²) < 4.78 is 15.9. The van der Waals surface area contributed by atoms with Crippen molar-refractivity contribution in [3.8, 4) is 0 Å². The van der Waals surface area contributed by atoms with Gasteiger partial charge < -0.3 is 25.3 Å². The van der Waals surface area contributed by atoms with Crippen molar-refractivity contribution in [3.05, 3.63) is 0 Å². The maximum atomic E-state index is 11.5. The van der Waals surface area contributed by atoms with Crippen LogP contribution < -0.4 is 11.1 Å². The average Bonchev–Trinajstić information content (AvgIpc) is 2.37. The third-order valence-electron chi connectivity index (χ3n) is 3.07. The van der Waals surface area contributed by atoms with E-state index in [1.54, 1.807) is 7.11 Å². The minimum absolute atomic E-state index is 0.0366. The number of amides is 1. The second-order valence-corrected chi connectivity index (χ2v) is 5.07. The molecule has 0 rings (SSSR count). The van der Waals surface area contributed by atoms with Gasteiger partial charge in [0.2, 0.25) is 5.91 Å². The topological polar surface area (TPSA) is 82.8 Å². The molecule has 0 bridgehead atoms. The van der Waals surface area contributed by atoms with Crippen molar-refractivity contribution >= 4 is 5.91 Å². The number of ether oxygens (including phenoxy) is 3. The Hall–Kier alpha value is -0.690. The molecule has 0 spiro atoms. The van der Waals surface area contributed by atoms with Crippen molar-refractivity contribution < 1.29 is 19.0 Å². The highest BCUT2D eigenvalue weighted by Crippen LogP contribution is 2.14. The van der Waals surface area contributed by atoms with Gasteiger partial charge in [-0.05, 0) is 26.8 Å². The van der Waals surface area contributed by atoms with Gasteiger partial charge in [0.05, 0.1) is 24.9 Å². The zero-order chi connectivity index (χ0) is 15.4. The number of carbonyl (C=O) groups excluding carboxylic acids is 1. The van der Waals surface area contributed by atoms with Gasteiger partial charge in [-0.25, -0.2) is 0 Å². The van der Waals surface area contributed by atoms with Gasteiger partial charge >= 0.3 is 0 Å². The molecule has 0 fully saturated rings. The van der Waals surface area contributed by atoms with Crippen LogP contribution in [-0.2, 0) is 19.0 Å². The highest BCUT2D eigenvalue weighted by Gasteiger charge is 2.31. The van der Waals surface area contributed by atoms with E-state index in [1.807, 2.05) is 20.8 Å². The summed E-state index contributed by atoms with van der Waals surface area (Å²) in [6, 6.07) is 0. The average molecular weight is 290 g/mol. The van der Waals surface area contributed by atoms with E-state index >= 15 is 0 Å². The smallest absolute Gasteiger partial charge is 0.237 e. The Kier molecular flexibility index (Phi) is 10.6. The fourth-order valence-electron chi connectivity index (χ4n) is 1.97. The Morgan fingerprint density at radius 1 is 1.30 bits per heavy atom. The monoisotopic (exact) mass is 290 g/mol. The Balaban J connectivity index is 3.80. The van der Waals surface area contributed by atoms with Crippen LogP contribution in [0.3, 0.4) is 0 Å². The first-order valence-corrected chi connectivity index (χ1v) is 7.19. The van der Waals surface area contributed by atoms with Crippen molar-refractivity contribution in [1.82, 2.24) is 5.32 Å². The Labute approximate surface area is 122 Å². The molecule has 120 valence electrons. The number of likely N-dealkylation sites (N-methyl/N-ethyl adjacent to an activating group) is 1. The zero-order valence-corrected chi connectivity index (χ0v) is 13.2. The van der Waals surface area contributed by atoms with E-state index in [0.29, 0.717) is 39.4 Å². The molecular formula is C14H30N2O4. The lowest BCUT2D eigenvalue weighted by molar-refractivity contribution is -0.125. The molecule has 0 aliphatic rings. The summed E-state index contributed by atoms with van der Waals surface area (Å²) in [4.78, 5) is 11.5. The molecule has 6 heteroatoms. The first-order chi connectivity index (χ1) is 9.46. The lowest BCUT2D eigenvalue weighted by atomic mass is 9.94. The quantitative estimate of drug-likeness (QED) is 0.488. The summed E-state index contributed by atoms with van der Waals surface area (Å²) in [6.07, 6.45) is 1.34. The second kappa shape index (κ2) is 11.0. The maximum absolute atomic E-state index is 11.5. The number of nitrogens with two attached hydrogens (primary N) is 1. The van der Waals surface area contributed by atoms with Crippen LogP contribution in [0.2, 0.25) is 0 Å². The zero-order valence-electron chi connectivity index (χ0n) is 13.2. The van der Waals surface area contributed by atoms with E-state index in [2.05, 4.69) is 5.32 Å². The highest BCUT2D eigenvalue weighted by molar-refractivity contribution is 5.84. The van der Waals surface area contributed by atoms with Gasteiger partial charge in [0.15, 0.2) is 0 Å². The van der Waals surface area contributed by atoms with E-state index in [0.717, 1.165) is 6.42 Å². The van der Waals surface area contributed by atoms with Gasteiger partial charge in [0.25, 0.3) is 0 Å². The minimum atomic E-state index is -0.719. The van der Waals surface area contributed by atoms with E-state index in [9.17, 15) is 4.79 Å².